The fourth-order valence-corrected chi connectivity index (χ4v) is 3.08. The summed E-state index contributed by atoms with van der Waals surface area (Å²) in [6.45, 7) is 0. The number of nitrogens with zero attached hydrogens (tertiary/aromatic N) is 1. The van der Waals surface area contributed by atoms with Gasteiger partial charge < -0.3 is 9.47 Å². The first-order valence-electron chi connectivity index (χ1n) is 8.07. The maximum absolute atomic E-state index is 12.5. The van der Waals surface area contributed by atoms with Crippen LogP contribution in [0.2, 0.25) is 0 Å². The molecule has 1 aliphatic heterocycles. The number of carbonyl (C=O) groups excluding carboxylic acids is 2. The quantitative estimate of drug-likeness (QED) is 0.349. The molecule has 0 radical (unpaired) electrons. The predicted octanol–water partition coefficient (Wildman–Crippen LogP) is 4.68. The maximum Gasteiger partial charge on any atom is 0.344 e. The smallest absolute Gasteiger partial charge is 0.344 e. The average molecular weight is 422 g/mol. The number of hydrogen-bond acceptors (Lipinski definition) is 5. The standard InChI is InChI=1S/C21H12BrNO4/c22-17-4-2-1-3-15(17)21(25)26-14-5-6-16-18(12-14)27-19(20(16)24)11-13-7-9-23-10-8-13/h1-12H. The summed E-state index contributed by atoms with van der Waals surface area (Å²) in [6, 6.07) is 15.2. The van der Waals surface area contributed by atoms with Gasteiger partial charge in [0.05, 0.1) is 11.1 Å². The van der Waals surface area contributed by atoms with Crippen molar-refractivity contribution in [1.29, 1.82) is 0 Å². The van der Waals surface area contributed by atoms with Gasteiger partial charge in [-0.15, -0.1) is 0 Å². The summed E-state index contributed by atoms with van der Waals surface area (Å²) in [5.41, 5.74) is 1.64. The fourth-order valence-electron chi connectivity index (χ4n) is 2.63. The van der Waals surface area contributed by atoms with Crippen LogP contribution in [0.1, 0.15) is 26.3 Å². The Bertz CT molecular complexity index is 1080. The zero-order chi connectivity index (χ0) is 18.8. The first kappa shape index (κ1) is 17.2. The highest BCUT2D eigenvalue weighted by Gasteiger charge is 2.28. The van der Waals surface area contributed by atoms with Crippen molar-refractivity contribution in [2.45, 2.75) is 0 Å². The number of pyridine rings is 1. The van der Waals surface area contributed by atoms with Crippen molar-refractivity contribution < 1.29 is 19.1 Å². The molecule has 0 atom stereocenters. The van der Waals surface area contributed by atoms with Gasteiger partial charge in [0.1, 0.15) is 11.5 Å². The van der Waals surface area contributed by atoms with Crippen molar-refractivity contribution in [2.75, 3.05) is 0 Å². The number of rotatable bonds is 3. The molecule has 132 valence electrons. The van der Waals surface area contributed by atoms with Crippen LogP contribution < -0.4 is 9.47 Å². The Labute approximate surface area is 163 Å². The molecule has 0 amide bonds. The summed E-state index contributed by atoms with van der Waals surface area (Å²) < 4.78 is 11.7. The number of aromatic nitrogens is 1. The summed E-state index contributed by atoms with van der Waals surface area (Å²) in [7, 11) is 0. The lowest BCUT2D eigenvalue weighted by molar-refractivity contribution is 0.0733. The summed E-state index contributed by atoms with van der Waals surface area (Å²) in [6.07, 6.45) is 4.92. The van der Waals surface area contributed by atoms with E-state index in [1.54, 1.807) is 60.9 Å². The molecule has 3 aromatic rings. The van der Waals surface area contributed by atoms with Crippen LogP contribution in [0.4, 0.5) is 0 Å². The molecule has 2 aromatic carbocycles. The van der Waals surface area contributed by atoms with Crippen LogP contribution in [0, 0.1) is 0 Å². The molecular weight excluding hydrogens is 410 g/mol. The van der Waals surface area contributed by atoms with Gasteiger partial charge in [0.25, 0.3) is 0 Å². The van der Waals surface area contributed by atoms with Crippen LogP contribution in [0.5, 0.6) is 11.5 Å². The second kappa shape index (κ2) is 7.17. The van der Waals surface area contributed by atoms with Crippen LogP contribution in [0.3, 0.4) is 0 Å². The van der Waals surface area contributed by atoms with Crippen LogP contribution >= 0.6 is 15.9 Å². The fraction of sp³-hybridized carbons (Fsp3) is 0. The van der Waals surface area contributed by atoms with E-state index in [-0.39, 0.29) is 11.5 Å². The van der Waals surface area contributed by atoms with Gasteiger partial charge in [-0.05, 0) is 64.0 Å². The second-order valence-electron chi connectivity index (χ2n) is 5.75. The van der Waals surface area contributed by atoms with Crippen LogP contribution in [0.25, 0.3) is 6.08 Å². The Kier molecular flexibility index (Phi) is 4.56. The first-order chi connectivity index (χ1) is 13.1. The molecule has 4 rings (SSSR count). The van der Waals surface area contributed by atoms with E-state index < -0.39 is 5.97 Å². The Morgan fingerprint density at radius 3 is 2.63 bits per heavy atom. The molecular formula is C21H12BrNO4. The van der Waals surface area contributed by atoms with Crippen molar-refractivity contribution >= 4 is 33.8 Å². The van der Waals surface area contributed by atoms with Crippen molar-refractivity contribution in [3.63, 3.8) is 0 Å². The molecule has 1 aliphatic rings. The Balaban J connectivity index is 1.57. The van der Waals surface area contributed by atoms with Crippen LogP contribution in [-0.2, 0) is 0 Å². The largest absolute Gasteiger partial charge is 0.452 e. The molecule has 6 heteroatoms. The van der Waals surface area contributed by atoms with Crippen LogP contribution in [-0.4, -0.2) is 16.7 Å². The molecule has 0 bridgehead atoms. The third-order valence-electron chi connectivity index (χ3n) is 3.95. The lowest BCUT2D eigenvalue weighted by Crippen LogP contribution is -2.09. The van der Waals surface area contributed by atoms with Crippen molar-refractivity contribution in [2.24, 2.45) is 0 Å². The molecule has 2 heterocycles. The van der Waals surface area contributed by atoms with Gasteiger partial charge in [0, 0.05) is 22.9 Å². The van der Waals surface area contributed by atoms with E-state index in [4.69, 9.17) is 9.47 Å². The normalized spacial score (nSPS) is 14.0. The Morgan fingerprint density at radius 2 is 1.85 bits per heavy atom. The van der Waals surface area contributed by atoms with E-state index in [0.717, 1.165) is 5.56 Å². The van der Waals surface area contributed by atoms with E-state index >= 15 is 0 Å². The lowest BCUT2D eigenvalue weighted by atomic mass is 10.1. The molecule has 0 N–H and O–H groups in total. The molecule has 27 heavy (non-hydrogen) atoms. The van der Waals surface area contributed by atoms with Crippen molar-refractivity contribution in [3.05, 3.63) is 93.9 Å². The number of allylic oxidation sites excluding steroid dienone is 1. The van der Waals surface area contributed by atoms with Gasteiger partial charge in [-0.1, -0.05) is 12.1 Å². The van der Waals surface area contributed by atoms with Gasteiger partial charge in [0.15, 0.2) is 5.76 Å². The molecule has 0 unspecified atom stereocenters. The van der Waals surface area contributed by atoms with Gasteiger partial charge >= 0.3 is 5.97 Å². The number of Topliss-reactive ketones (excluding diaryl/α,β-unsaturated/α-hetero) is 1. The number of esters is 1. The van der Waals surface area contributed by atoms with E-state index in [1.165, 1.54) is 6.07 Å². The Hall–Kier alpha value is -3.25. The van der Waals surface area contributed by atoms with Gasteiger partial charge in [-0.3, -0.25) is 9.78 Å². The number of hydrogen-bond donors (Lipinski definition) is 0. The molecule has 0 saturated carbocycles. The molecule has 0 aliphatic carbocycles. The summed E-state index contributed by atoms with van der Waals surface area (Å²) in [5.74, 6) is 0.153. The molecule has 1 aromatic heterocycles. The molecule has 5 nitrogen and oxygen atoms in total. The zero-order valence-corrected chi connectivity index (χ0v) is 15.5. The average Bonchev–Trinajstić information content (AvgIpc) is 2.98. The molecule has 0 spiro atoms. The Morgan fingerprint density at radius 1 is 1.07 bits per heavy atom. The van der Waals surface area contributed by atoms with Gasteiger partial charge in [0.2, 0.25) is 5.78 Å². The molecule has 0 saturated heterocycles. The van der Waals surface area contributed by atoms with E-state index in [0.29, 0.717) is 27.1 Å². The number of carbonyl (C=O) groups is 2. The molecule has 0 fully saturated rings. The second-order valence-corrected chi connectivity index (χ2v) is 6.60. The minimum Gasteiger partial charge on any atom is -0.452 e. The third kappa shape index (κ3) is 3.52. The third-order valence-corrected chi connectivity index (χ3v) is 4.64. The monoisotopic (exact) mass is 421 g/mol. The number of ketones is 1. The topological polar surface area (TPSA) is 65.5 Å². The number of benzene rings is 2. The zero-order valence-electron chi connectivity index (χ0n) is 13.9. The number of halogens is 1. The van der Waals surface area contributed by atoms with E-state index in [1.807, 2.05) is 6.07 Å². The first-order valence-corrected chi connectivity index (χ1v) is 8.86. The highest BCUT2D eigenvalue weighted by atomic mass is 79.9. The lowest BCUT2D eigenvalue weighted by Gasteiger charge is -2.06. The highest BCUT2D eigenvalue weighted by Crippen LogP contribution is 2.35. The summed E-state index contributed by atoms with van der Waals surface area (Å²) in [5, 5.41) is 0. The highest BCUT2D eigenvalue weighted by molar-refractivity contribution is 9.10. The summed E-state index contributed by atoms with van der Waals surface area (Å²) in [4.78, 5) is 28.7. The van der Waals surface area contributed by atoms with Crippen molar-refractivity contribution in [1.82, 2.24) is 4.98 Å². The number of ether oxygens (including phenoxy) is 2. The van der Waals surface area contributed by atoms with Gasteiger partial charge in [-0.2, -0.15) is 0 Å². The SMILES string of the molecule is O=C(Oc1ccc2c(c1)OC(=Cc1ccncc1)C2=O)c1ccccc1Br. The minimum absolute atomic E-state index is 0.213. The minimum atomic E-state index is -0.501. The predicted molar refractivity (Wildman–Crippen MR) is 103 cm³/mol. The summed E-state index contributed by atoms with van der Waals surface area (Å²) >= 11 is 3.33. The number of fused-ring (bicyclic) bond motifs is 1. The van der Waals surface area contributed by atoms with E-state index in [9.17, 15) is 9.59 Å². The maximum atomic E-state index is 12.5. The van der Waals surface area contributed by atoms with Crippen molar-refractivity contribution in [3.8, 4) is 11.5 Å². The van der Waals surface area contributed by atoms with E-state index in [2.05, 4.69) is 20.9 Å². The van der Waals surface area contributed by atoms with Gasteiger partial charge in [-0.25, -0.2) is 4.79 Å². The van der Waals surface area contributed by atoms with Crippen LogP contribution in [0.15, 0.2) is 77.2 Å².